The van der Waals surface area contributed by atoms with E-state index in [0.29, 0.717) is 16.8 Å². The zero-order valence-electron chi connectivity index (χ0n) is 16.3. The quantitative estimate of drug-likeness (QED) is 0.786. The summed E-state index contributed by atoms with van der Waals surface area (Å²) in [4.78, 5) is 27.5. The molecule has 0 spiro atoms. The van der Waals surface area contributed by atoms with Crippen molar-refractivity contribution in [3.63, 3.8) is 0 Å². The second-order valence-electron chi connectivity index (χ2n) is 7.17. The van der Waals surface area contributed by atoms with Crippen molar-refractivity contribution in [1.29, 1.82) is 0 Å². The van der Waals surface area contributed by atoms with Crippen LogP contribution in [0.2, 0.25) is 0 Å². The topological polar surface area (TPSA) is 61.4 Å². The number of anilines is 2. The van der Waals surface area contributed by atoms with Gasteiger partial charge in [0.15, 0.2) is 0 Å². The Morgan fingerprint density at radius 3 is 2.39 bits per heavy atom. The summed E-state index contributed by atoms with van der Waals surface area (Å²) in [6, 6.07) is 10.8. The lowest BCUT2D eigenvalue weighted by Gasteiger charge is -2.23. The van der Waals surface area contributed by atoms with E-state index in [9.17, 15) is 14.0 Å². The lowest BCUT2D eigenvalue weighted by Crippen LogP contribution is -2.33. The lowest BCUT2D eigenvalue weighted by atomic mass is 10.1. The zero-order valence-corrected chi connectivity index (χ0v) is 16.3. The molecule has 6 heteroatoms. The molecule has 1 aliphatic heterocycles. The summed E-state index contributed by atoms with van der Waals surface area (Å²) in [7, 11) is 0. The van der Waals surface area contributed by atoms with Gasteiger partial charge in [0.2, 0.25) is 0 Å². The molecule has 0 unspecified atom stereocenters. The standard InChI is InChI=1S/C22H26FN3O2/c1-3-15(2)24-22(28)19-14-18(10-11-20(19)26-12-4-5-13-26)25-21(27)16-6-8-17(23)9-7-16/h6-11,14-15H,3-5,12-13H2,1-2H3,(H,24,28)(H,25,27)/t15-/m1/s1. The van der Waals surface area contributed by atoms with Gasteiger partial charge in [0.1, 0.15) is 5.82 Å². The SMILES string of the molecule is CC[C@@H](C)NC(=O)c1cc(NC(=O)c2ccc(F)cc2)ccc1N1CCCC1. The van der Waals surface area contributed by atoms with Gasteiger partial charge in [-0.05, 0) is 68.7 Å². The van der Waals surface area contributed by atoms with Crippen LogP contribution in [0.15, 0.2) is 42.5 Å². The van der Waals surface area contributed by atoms with E-state index < -0.39 is 5.82 Å². The number of nitrogens with one attached hydrogen (secondary N) is 2. The van der Waals surface area contributed by atoms with Gasteiger partial charge >= 0.3 is 0 Å². The molecule has 1 aliphatic rings. The molecule has 1 fully saturated rings. The Hall–Kier alpha value is -2.89. The molecule has 2 aromatic carbocycles. The summed E-state index contributed by atoms with van der Waals surface area (Å²) in [5.74, 6) is -0.883. The van der Waals surface area contributed by atoms with Gasteiger partial charge in [-0.3, -0.25) is 9.59 Å². The molecule has 1 atom stereocenters. The first kappa shape index (κ1) is 19.9. The van der Waals surface area contributed by atoms with Crippen LogP contribution in [0.3, 0.4) is 0 Å². The summed E-state index contributed by atoms with van der Waals surface area (Å²) >= 11 is 0. The minimum absolute atomic E-state index is 0.0661. The van der Waals surface area contributed by atoms with Gasteiger partial charge in [0.25, 0.3) is 11.8 Å². The van der Waals surface area contributed by atoms with Gasteiger partial charge in [-0.15, -0.1) is 0 Å². The van der Waals surface area contributed by atoms with E-state index in [2.05, 4.69) is 15.5 Å². The summed E-state index contributed by atoms with van der Waals surface area (Å²) in [5, 5.41) is 5.81. The third kappa shape index (κ3) is 4.68. The molecule has 1 heterocycles. The van der Waals surface area contributed by atoms with Gasteiger partial charge < -0.3 is 15.5 Å². The summed E-state index contributed by atoms with van der Waals surface area (Å²) in [5.41, 5.74) is 2.33. The Morgan fingerprint density at radius 2 is 1.75 bits per heavy atom. The van der Waals surface area contributed by atoms with E-state index in [1.807, 2.05) is 19.9 Å². The second kappa shape index (κ2) is 8.87. The van der Waals surface area contributed by atoms with E-state index in [1.54, 1.807) is 12.1 Å². The highest BCUT2D eigenvalue weighted by Crippen LogP contribution is 2.28. The maximum Gasteiger partial charge on any atom is 0.255 e. The minimum atomic E-state index is -0.393. The molecule has 0 radical (unpaired) electrons. The molecule has 2 amide bonds. The van der Waals surface area contributed by atoms with E-state index in [4.69, 9.17) is 0 Å². The molecule has 0 aliphatic carbocycles. The van der Waals surface area contributed by atoms with E-state index in [0.717, 1.165) is 38.0 Å². The highest BCUT2D eigenvalue weighted by molar-refractivity contribution is 6.06. The molecule has 5 nitrogen and oxygen atoms in total. The summed E-state index contributed by atoms with van der Waals surface area (Å²) in [6.07, 6.45) is 3.05. The molecular weight excluding hydrogens is 357 g/mol. The Balaban J connectivity index is 1.85. The van der Waals surface area contributed by atoms with Crippen LogP contribution in [0.1, 0.15) is 53.8 Å². The molecule has 28 heavy (non-hydrogen) atoms. The number of amides is 2. The van der Waals surface area contributed by atoms with Gasteiger partial charge in [-0.2, -0.15) is 0 Å². The first-order valence-electron chi connectivity index (χ1n) is 9.74. The van der Waals surface area contributed by atoms with Gasteiger partial charge in [-0.25, -0.2) is 4.39 Å². The fraction of sp³-hybridized carbons (Fsp3) is 0.364. The van der Waals surface area contributed by atoms with Crippen LogP contribution in [-0.2, 0) is 0 Å². The Labute approximate surface area is 164 Å². The van der Waals surface area contributed by atoms with Crippen LogP contribution in [0.5, 0.6) is 0 Å². The predicted molar refractivity (Wildman–Crippen MR) is 109 cm³/mol. The number of nitrogens with zero attached hydrogens (tertiary/aromatic N) is 1. The Bertz CT molecular complexity index is 845. The smallest absolute Gasteiger partial charge is 0.255 e. The van der Waals surface area contributed by atoms with E-state index >= 15 is 0 Å². The van der Waals surface area contributed by atoms with Crippen LogP contribution in [0, 0.1) is 5.82 Å². The Kier molecular flexibility index (Phi) is 6.29. The zero-order chi connectivity index (χ0) is 20.1. The number of carbonyl (C=O) groups excluding carboxylic acids is 2. The number of benzene rings is 2. The molecule has 1 saturated heterocycles. The number of carbonyl (C=O) groups is 2. The van der Waals surface area contributed by atoms with Crippen LogP contribution >= 0.6 is 0 Å². The second-order valence-corrected chi connectivity index (χ2v) is 7.17. The van der Waals surface area contributed by atoms with Crippen molar-refractivity contribution in [2.45, 2.75) is 39.2 Å². The van der Waals surface area contributed by atoms with Crippen LogP contribution < -0.4 is 15.5 Å². The van der Waals surface area contributed by atoms with Crippen molar-refractivity contribution < 1.29 is 14.0 Å². The lowest BCUT2D eigenvalue weighted by molar-refractivity contribution is 0.0938. The predicted octanol–water partition coefficient (Wildman–Crippen LogP) is 4.21. The van der Waals surface area contributed by atoms with Crippen molar-refractivity contribution >= 4 is 23.2 Å². The molecule has 2 aromatic rings. The summed E-state index contributed by atoms with van der Waals surface area (Å²) in [6.45, 7) is 5.83. The van der Waals surface area contributed by atoms with E-state index in [1.165, 1.54) is 24.3 Å². The van der Waals surface area contributed by atoms with Crippen molar-refractivity contribution in [1.82, 2.24) is 5.32 Å². The van der Waals surface area contributed by atoms with Crippen LogP contribution in [0.25, 0.3) is 0 Å². The van der Waals surface area contributed by atoms with Gasteiger partial charge in [-0.1, -0.05) is 6.92 Å². The fourth-order valence-corrected chi connectivity index (χ4v) is 3.24. The van der Waals surface area contributed by atoms with Gasteiger partial charge in [0.05, 0.1) is 5.56 Å². The van der Waals surface area contributed by atoms with E-state index in [-0.39, 0.29) is 17.9 Å². The largest absolute Gasteiger partial charge is 0.371 e. The fourth-order valence-electron chi connectivity index (χ4n) is 3.24. The highest BCUT2D eigenvalue weighted by atomic mass is 19.1. The minimum Gasteiger partial charge on any atom is -0.371 e. The van der Waals surface area contributed by atoms with Crippen molar-refractivity contribution in [2.75, 3.05) is 23.3 Å². The highest BCUT2D eigenvalue weighted by Gasteiger charge is 2.21. The molecule has 0 bridgehead atoms. The van der Waals surface area contributed by atoms with Gasteiger partial charge in [0, 0.05) is 36.1 Å². The van der Waals surface area contributed by atoms with Crippen molar-refractivity contribution in [3.8, 4) is 0 Å². The normalized spacial score (nSPS) is 14.6. The number of rotatable bonds is 6. The number of hydrogen-bond donors (Lipinski definition) is 2. The maximum atomic E-state index is 13.1. The molecular formula is C22H26FN3O2. The molecule has 0 aromatic heterocycles. The van der Waals surface area contributed by atoms with Crippen molar-refractivity contribution in [2.24, 2.45) is 0 Å². The van der Waals surface area contributed by atoms with Crippen LogP contribution in [0.4, 0.5) is 15.8 Å². The molecule has 2 N–H and O–H groups in total. The first-order chi connectivity index (χ1) is 13.5. The first-order valence-corrected chi connectivity index (χ1v) is 9.74. The monoisotopic (exact) mass is 383 g/mol. The molecule has 148 valence electrons. The summed E-state index contributed by atoms with van der Waals surface area (Å²) < 4.78 is 13.1. The average Bonchev–Trinajstić information content (AvgIpc) is 3.22. The van der Waals surface area contributed by atoms with Crippen molar-refractivity contribution in [3.05, 3.63) is 59.4 Å². The number of hydrogen-bond acceptors (Lipinski definition) is 3. The molecule has 3 rings (SSSR count). The third-order valence-corrected chi connectivity index (χ3v) is 5.04. The van der Waals surface area contributed by atoms with Crippen LogP contribution in [-0.4, -0.2) is 30.9 Å². The average molecular weight is 383 g/mol. The number of halogens is 1. The maximum absolute atomic E-state index is 13.1. The molecule has 0 saturated carbocycles. The Morgan fingerprint density at radius 1 is 1.07 bits per heavy atom. The third-order valence-electron chi connectivity index (χ3n) is 5.04.